The first-order chi connectivity index (χ1) is 7.77. The summed E-state index contributed by atoms with van der Waals surface area (Å²) in [5.41, 5.74) is 0. The van der Waals surface area contributed by atoms with Crippen molar-refractivity contribution in [2.75, 3.05) is 6.54 Å². The van der Waals surface area contributed by atoms with Gasteiger partial charge in [-0.05, 0) is 12.8 Å². The van der Waals surface area contributed by atoms with Gasteiger partial charge in [-0.1, -0.05) is 20.3 Å². The van der Waals surface area contributed by atoms with E-state index < -0.39 is 0 Å². The van der Waals surface area contributed by atoms with Gasteiger partial charge in [-0.2, -0.15) is 5.10 Å². The minimum Gasteiger partial charge on any atom is -0.392 e. The third kappa shape index (κ3) is 4.28. The number of hydrogen-bond acceptors (Lipinski definition) is 4. The lowest BCUT2D eigenvalue weighted by atomic mass is 10.2. The van der Waals surface area contributed by atoms with E-state index in [1.807, 2.05) is 4.68 Å². The fraction of sp³-hybridized carbons (Fsp3) is 0.818. The summed E-state index contributed by atoms with van der Waals surface area (Å²) in [6.45, 7) is 6.37. The van der Waals surface area contributed by atoms with Crippen molar-refractivity contribution in [3.8, 4) is 0 Å². The van der Waals surface area contributed by atoms with Crippen LogP contribution in [0, 0.1) is 0 Å². The van der Waals surface area contributed by atoms with Gasteiger partial charge in [-0.25, -0.2) is 9.67 Å². The Bertz CT molecular complexity index is 287. The summed E-state index contributed by atoms with van der Waals surface area (Å²) >= 11 is 0. The van der Waals surface area contributed by atoms with Crippen molar-refractivity contribution in [3.05, 3.63) is 12.2 Å². The first-order valence-corrected chi connectivity index (χ1v) is 6.03. The Morgan fingerprint density at radius 3 is 2.94 bits per heavy atom. The van der Waals surface area contributed by atoms with Crippen LogP contribution >= 0.6 is 0 Å². The lowest BCUT2D eigenvalue weighted by molar-refractivity contribution is 0.160. The van der Waals surface area contributed by atoms with Gasteiger partial charge >= 0.3 is 0 Å². The molecule has 0 aromatic carbocycles. The molecule has 0 aliphatic carbocycles. The number of aromatic nitrogens is 3. The Hall–Kier alpha value is -0.940. The molecule has 2 N–H and O–H groups in total. The maximum absolute atomic E-state index is 9.55. The van der Waals surface area contributed by atoms with Gasteiger partial charge in [0.2, 0.25) is 0 Å². The van der Waals surface area contributed by atoms with Crippen LogP contribution in [0.25, 0.3) is 0 Å². The number of rotatable bonds is 8. The summed E-state index contributed by atoms with van der Waals surface area (Å²) in [4.78, 5) is 4.19. The molecule has 16 heavy (non-hydrogen) atoms. The molecule has 0 aliphatic rings. The standard InChI is InChI=1S/C11H22N4O/c1-3-5-10(16)7-12-8-11-13-9-14-15(11)6-4-2/h9-10,12,16H,3-8H2,1-2H3. The second-order valence-corrected chi connectivity index (χ2v) is 3.97. The zero-order valence-corrected chi connectivity index (χ0v) is 10.2. The molecule has 1 unspecified atom stereocenters. The Morgan fingerprint density at radius 2 is 2.25 bits per heavy atom. The highest BCUT2D eigenvalue weighted by Gasteiger charge is 2.05. The van der Waals surface area contributed by atoms with Crippen molar-refractivity contribution in [1.82, 2.24) is 20.1 Å². The smallest absolute Gasteiger partial charge is 0.140 e. The van der Waals surface area contributed by atoms with Gasteiger partial charge in [-0.3, -0.25) is 0 Å². The lowest BCUT2D eigenvalue weighted by Crippen LogP contribution is -2.27. The van der Waals surface area contributed by atoms with Crippen LogP contribution in [-0.2, 0) is 13.1 Å². The Labute approximate surface area is 96.9 Å². The lowest BCUT2D eigenvalue weighted by Gasteiger charge is -2.10. The predicted molar refractivity (Wildman–Crippen MR) is 62.9 cm³/mol. The Morgan fingerprint density at radius 1 is 1.44 bits per heavy atom. The summed E-state index contributed by atoms with van der Waals surface area (Å²) in [5.74, 6) is 0.936. The van der Waals surface area contributed by atoms with E-state index in [1.165, 1.54) is 0 Å². The average Bonchev–Trinajstić information content (AvgIpc) is 2.67. The van der Waals surface area contributed by atoms with Gasteiger partial charge in [0.1, 0.15) is 12.2 Å². The van der Waals surface area contributed by atoms with Gasteiger partial charge in [0.05, 0.1) is 12.6 Å². The second kappa shape index (κ2) is 7.35. The van der Waals surface area contributed by atoms with Crippen LogP contribution in [0.15, 0.2) is 6.33 Å². The fourth-order valence-electron chi connectivity index (χ4n) is 1.61. The predicted octanol–water partition coefficient (Wildman–Crippen LogP) is 0.939. The van der Waals surface area contributed by atoms with E-state index in [-0.39, 0.29) is 6.10 Å². The quantitative estimate of drug-likeness (QED) is 0.692. The van der Waals surface area contributed by atoms with Gasteiger partial charge in [-0.15, -0.1) is 0 Å². The van der Waals surface area contributed by atoms with E-state index in [9.17, 15) is 5.11 Å². The fourth-order valence-corrected chi connectivity index (χ4v) is 1.61. The molecule has 1 atom stereocenters. The normalized spacial score (nSPS) is 12.9. The summed E-state index contributed by atoms with van der Waals surface area (Å²) in [7, 11) is 0. The van der Waals surface area contributed by atoms with E-state index in [0.29, 0.717) is 13.1 Å². The number of aryl methyl sites for hydroxylation is 1. The number of aliphatic hydroxyl groups excluding tert-OH is 1. The molecule has 0 saturated heterocycles. The summed E-state index contributed by atoms with van der Waals surface area (Å²) in [6.07, 6.45) is 4.22. The minimum absolute atomic E-state index is 0.257. The van der Waals surface area contributed by atoms with Crippen molar-refractivity contribution in [3.63, 3.8) is 0 Å². The largest absolute Gasteiger partial charge is 0.392 e. The van der Waals surface area contributed by atoms with E-state index in [4.69, 9.17) is 0 Å². The van der Waals surface area contributed by atoms with Gasteiger partial charge in [0.25, 0.3) is 0 Å². The van der Waals surface area contributed by atoms with Crippen LogP contribution in [0.5, 0.6) is 0 Å². The molecule has 0 bridgehead atoms. The number of hydrogen-bond donors (Lipinski definition) is 2. The maximum atomic E-state index is 9.55. The van der Waals surface area contributed by atoms with Crippen LogP contribution < -0.4 is 5.32 Å². The summed E-state index contributed by atoms with van der Waals surface area (Å²) in [5, 5.41) is 16.9. The molecule has 0 radical (unpaired) electrons. The molecule has 5 heteroatoms. The Balaban J connectivity index is 2.28. The van der Waals surface area contributed by atoms with E-state index >= 15 is 0 Å². The average molecular weight is 226 g/mol. The minimum atomic E-state index is -0.257. The van der Waals surface area contributed by atoms with E-state index in [0.717, 1.165) is 31.6 Å². The van der Waals surface area contributed by atoms with Crippen LogP contribution in [0.4, 0.5) is 0 Å². The molecule has 1 aromatic heterocycles. The molecular weight excluding hydrogens is 204 g/mol. The second-order valence-electron chi connectivity index (χ2n) is 3.97. The van der Waals surface area contributed by atoms with E-state index in [1.54, 1.807) is 6.33 Å². The van der Waals surface area contributed by atoms with Crippen LogP contribution in [0.2, 0.25) is 0 Å². The molecule has 92 valence electrons. The van der Waals surface area contributed by atoms with Crippen LogP contribution in [0.1, 0.15) is 38.9 Å². The topological polar surface area (TPSA) is 63.0 Å². The third-order valence-corrected chi connectivity index (χ3v) is 2.42. The molecule has 1 heterocycles. The summed E-state index contributed by atoms with van der Waals surface area (Å²) < 4.78 is 1.90. The third-order valence-electron chi connectivity index (χ3n) is 2.42. The highest BCUT2D eigenvalue weighted by atomic mass is 16.3. The van der Waals surface area contributed by atoms with Crippen molar-refractivity contribution in [2.45, 2.75) is 52.3 Å². The SMILES string of the molecule is CCCC(O)CNCc1ncnn1CCC. The van der Waals surface area contributed by atoms with E-state index in [2.05, 4.69) is 29.2 Å². The summed E-state index contributed by atoms with van der Waals surface area (Å²) in [6, 6.07) is 0. The maximum Gasteiger partial charge on any atom is 0.140 e. The zero-order chi connectivity index (χ0) is 11.8. The zero-order valence-electron chi connectivity index (χ0n) is 10.2. The highest BCUT2D eigenvalue weighted by Crippen LogP contribution is 1.97. The molecule has 0 saturated carbocycles. The molecule has 1 aromatic rings. The Kier molecular flexibility index (Phi) is 6.03. The van der Waals surface area contributed by atoms with Crippen molar-refractivity contribution in [1.29, 1.82) is 0 Å². The highest BCUT2D eigenvalue weighted by molar-refractivity contribution is 4.83. The number of aliphatic hydroxyl groups is 1. The molecule has 1 rings (SSSR count). The molecule has 0 spiro atoms. The monoisotopic (exact) mass is 226 g/mol. The molecule has 0 fully saturated rings. The van der Waals surface area contributed by atoms with Crippen molar-refractivity contribution >= 4 is 0 Å². The number of nitrogens with zero attached hydrogens (tertiary/aromatic N) is 3. The molecule has 0 amide bonds. The number of nitrogens with one attached hydrogen (secondary N) is 1. The van der Waals surface area contributed by atoms with Gasteiger partial charge in [0.15, 0.2) is 0 Å². The first-order valence-electron chi connectivity index (χ1n) is 6.03. The molecular formula is C11H22N4O. The van der Waals surface area contributed by atoms with Crippen LogP contribution in [-0.4, -0.2) is 32.5 Å². The van der Waals surface area contributed by atoms with Gasteiger partial charge < -0.3 is 10.4 Å². The van der Waals surface area contributed by atoms with Gasteiger partial charge in [0, 0.05) is 13.1 Å². The van der Waals surface area contributed by atoms with Crippen molar-refractivity contribution in [2.24, 2.45) is 0 Å². The van der Waals surface area contributed by atoms with Crippen LogP contribution in [0.3, 0.4) is 0 Å². The molecule has 0 aliphatic heterocycles. The van der Waals surface area contributed by atoms with Crippen molar-refractivity contribution < 1.29 is 5.11 Å². The molecule has 5 nitrogen and oxygen atoms in total. The first kappa shape index (κ1) is 13.1.